The number of halogens is 1. The Hall–Kier alpha value is -1.09. The minimum absolute atomic E-state index is 0.111. The maximum Gasteiger partial charge on any atom is 0.146 e. The minimum Gasteiger partial charge on any atom is -0.369 e. The molecule has 1 aromatic rings. The average Bonchev–Trinajstić information content (AvgIpc) is 2.49. The molecule has 1 spiro atoms. The molecule has 2 N–H and O–H groups in total. The number of benzene rings is 1. The highest BCUT2D eigenvalue weighted by molar-refractivity contribution is 5.50. The first-order valence-corrected chi connectivity index (χ1v) is 8.40. The lowest BCUT2D eigenvalue weighted by atomic mass is 9.68. The molecule has 1 heterocycles. The molecule has 1 saturated carbocycles. The van der Waals surface area contributed by atoms with Crippen LogP contribution in [0.3, 0.4) is 0 Å². The van der Waals surface area contributed by atoms with Crippen molar-refractivity contribution in [2.75, 3.05) is 18.0 Å². The van der Waals surface area contributed by atoms with Crippen LogP contribution in [0.2, 0.25) is 0 Å². The van der Waals surface area contributed by atoms with Gasteiger partial charge in [0.1, 0.15) is 5.82 Å². The fourth-order valence-electron chi connectivity index (χ4n) is 4.09. The first-order chi connectivity index (χ1) is 10.1. The summed E-state index contributed by atoms with van der Waals surface area (Å²) in [6.07, 6.45) is 9.39. The second kappa shape index (κ2) is 5.96. The van der Waals surface area contributed by atoms with E-state index in [1.54, 1.807) is 6.07 Å². The highest BCUT2D eigenvalue weighted by Crippen LogP contribution is 2.45. The van der Waals surface area contributed by atoms with E-state index in [1.807, 2.05) is 19.1 Å². The van der Waals surface area contributed by atoms with E-state index in [0.29, 0.717) is 5.41 Å². The first-order valence-electron chi connectivity index (χ1n) is 8.40. The third-order valence-electron chi connectivity index (χ3n) is 5.58. The van der Waals surface area contributed by atoms with E-state index in [1.165, 1.54) is 44.9 Å². The summed E-state index contributed by atoms with van der Waals surface area (Å²) < 4.78 is 14.3. The summed E-state index contributed by atoms with van der Waals surface area (Å²) in [6.45, 7) is 3.88. The molecule has 2 aliphatic rings. The van der Waals surface area contributed by atoms with Crippen molar-refractivity contribution in [1.82, 2.24) is 0 Å². The van der Waals surface area contributed by atoms with Gasteiger partial charge >= 0.3 is 0 Å². The Morgan fingerprint density at radius 2 is 1.76 bits per heavy atom. The van der Waals surface area contributed by atoms with Gasteiger partial charge in [-0.3, -0.25) is 0 Å². The molecule has 1 atom stereocenters. The van der Waals surface area contributed by atoms with Crippen molar-refractivity contribution in [1.29, 1.82) is 0 Å². The normalized spacial score (nSPS) is 23.3. The number of rotatable bonds is 2. The summed E-state index contributed by atoms with van der Waals surface area (Å²) in [4.78, 5) is 2.22. The summed E-state index contributed by atoms with van der Waals surface area (Å²) in [7, 11) is 0. The van der Waals surface area contributed by atoms with Crippen LogP contribution in [-0.2, 0) is 0 Å². The summed E-state index contributed by atoms with van der Waals surface area (Å²) >= 11 is 0. The van der Waals surface area contributed by atoms with Gasteiger partial charge in [-0.15, -0.1) is 0 Å². The molecule has 3 rings (SSSR count). The van der Waals surface area contributed by atoms with E-state index in [0.717, 1.165) is 24.3 Å². The Kier molecular flexibility index (Phi) is 4.21. The molecule has 0 bridgehead atoms. The molecule has 1 saturated heterocycles. The smallest absolute Gasteiger partial charge is 0.146 e. The maximum absolute atomic E-state index is 14.3. The number of hydrogen-bond donors (Lipinski definition) is 1. The zero-order chi connectivity index (χ0) is 14.9. The van der Waals surface area contributed by atoms with Crippen molar-refractivity contribution in [3.05, 3.63) is 29.6 Å². The first kappa shape index (κ1) is 14.8. The molecule has 2 nitrogen and oxygen atoms in total. The van der Waals surface area contributed by atoms with Gasteiger partial charge in [-0.1, -0.05) is 25.3 Å². The van der Waals surface area contributed by atoms with E-state index >= 15 is 0 Å². The van der Waals surface area contributed by atoms with E-state index in [-0.39, 0.29) is 11.9 Å². The molecular weight excluding hydrogens is 263 g/mol. The maximum atomic E-state index is 14.3. The van der Waals surface area contributed by atoms with Gasteiger partial charge in [-0.25, -0.2) is 4.39 Å². The summed E-state index contributed by atoms with van der Waals surface area (Å²) in [6, 6.07) is 5.37. The van der Waals surface area contributed by atoms with Crippen molar-refractivity contribution in [2.45, 2.75) is 57.9 Å². The van der Waals surface area contributed by atoms with Crippen molar-refractivity contribution in [2.24, 2.45) is 11.1 Å². The molecule has 1 aromatic carbocycles. The molecule has 21 heavy (non-hydrogen) atoms. The van der Waals surface area contributed by atoms with Crippen LogP contribution in [0.5, 0.6) is 0 Å². The molecule has 2 fully saturated rings. The molecule has 116 valence electrons. The van der Waals surface area contributed by atoms with Gasteiger partial charge in [0, 0.05) is 19.1 Å². The number of piperidine rings is 1. The van der Waals surface area contributed by atoms with Crippen molar-refractivity contribution < 1.29 is 4.39 Å². The van der Waals surface area contributed by atoms with Crippen LogP contribution in [0.25, 0.3) is 0 Å². The SMILES string of the molecule is C[C@H](N)c1ccc(N2CCC3(CCCCC3)CC2)c(F)c1. The zero-order valence-electron chi connectivity index (χ0n) is 13.1. The lowest BCUT2D eigenvalue weighted by molar-refractivity contribution is 0.144. The Morgan fingerprint density at radius 1 is 1.10 bits per heavy atom. The average molecular weight is 290 g/mol. The van der Waals surface area contributed by atoms with Crippen LogP contribution in [0.15, 0.2) is 18.2 Å². The summed E-state index contributed by atoms with van der Waals surface area (Å²) in [5, 5.41) is 0. The van der Waals surface area contributed by atoms with Crippen LogP contribution in [-0.4, -0.2) is 13.1 Å². The van der Waals surface area contributed by atoms with Crippen molar-refractivity contribution >= 4 is 5.69 Å². The van der Waals surface area contributed by atoms with Gasteiger partial charge in [0.25, 0.3) is 0 Å². The molecule has 0 amide bonds. The van der Waals surface area contributed by atoms with Crippen LogP contribution < -0.4 is 10.6 Å². The fraction of sp³-hybridized carbons (Fsp3) is 0.667. The highest BCUT2D eigenvalue weighted by atomic mass is 19.1. The Bertz CT molecular complexity index is 482. The lowest BCUT2D eigenvalue weighted by Gasteiger charge is -2.45. The van der Waals surface area contributed by atoms with Gasteiger partial charge in [0.15, 0.2) is 0 Å². The monoisotopic (exact) mass is 290 g/mol. The van der Waals surface area contributed by atoms with E-state index < -0.39 is 0 Å². The fourth-order valence-corrected chi connectivity index (χ4v) is 4.09. The van der Waals surface area contributed by atoms with Crippen molar-refractivity contribution in [3.63, 3.8) is 0 Å². The minimum atomic E-state index is -0.121. The van der Waals surface area contributed by atoms with E-state index in [9.17, 15) is 4.39 Å². The number of anilines is 1. The Morgan fingerprint density at radius 3 is 2.33 bits per heavy atom. The van der Waals surface area contributed by atoms with Crippen LogP contribution in [0.1, 0.15) is 63.5 Å². The number of hydrogen-bond acceptors (Lipinski definition) is 2. The second-order valence-electron chi connectivity index (χ2n) is 7.05. The molecule has 1 aliphatic carbocycles. The van der Waals surface area contributed by atoms with Gasteiger partial charge in [-0.05, 0) is 55.7 Å². The molecule has 0 radical (unpaired) electrons. The summed E-state index contributed by atoms with van der Waals surface area (Å²) in [5.41, 5.74) is 8.02. The predicted molar refractivity (Wildman–Crippen MR) is 86.0 cm³/mol. The third-order valence-corrected chi connectivity index (χ3v) is 5.58. The molecule has 0 aromatic heterocycles. The van der Waals surface area contributed by atoms with Crippen LogP contribution in [0.4, 0.5) is 10.1 Å². The van der Waals surface area contributed by atoms with Crippen molar-refractivity contribution in [3.8, 4) is 0 Å². The quantitative estimate of drug-likeness (QED) is 0.875. The standard InChI is InChI=1S/C18H27FN2/c1-14(20)15-5-6-17(16(19)13-15)21-11-9-18(10-12-21)7-3-2-4-8-18/h5-6,13-14H,2-4,7-12,20H2,1H3/t14-/m0/s1. The van der Waals surface area contributed by atoms with Gasteiger partial charge < -0.3 is 10.6 Å². The van der Waals surface area contributed by atoms with E-state index in [2.05, 4.69) is 4.90 Å². The largest absolute Gasteiger partial charge is 0.369 e. The van der Waals surface area contributed by atoms with Gasteiger partial charge in [0.05, 0.1) is 5.69 Å². The topological polar surface area (TPSA) is 29.3 Å². The highest BCUT2D eigenvalue weighted by Gasteiger charge is 2.35. The van der Waals surface area contributed by atoms with Gasteiger partial charge in [-0.2, -0.15) is 0 Å². The van der Waals surface area contributed by atoms with Crippen LogP contribution >= 0.6 is 0 Å². The van der Waals surface area contributed by atoms with E-state index in [4.69, 9.17) is 5.73 Å². The van der Waals surface area contributed by atoms with Gasteiger partial charge in [0.2, 0.25) is 0 Å². The Labute approximate surface area is 127 Å². The molecule has 0 unspecified atom stereocenters. The summed E-state index contributed by atoms with van der Waals surface area (Å²) in [5.74, 6) is -0.121. The van der Waals surface area contributed by atoms with Crippen LogP contribution in [0, 0.1) is 11.2 Å². The third kappa shape index (κ3) is 3.08. The molecule has 3 heteroatoms. The Balaban J connectivity index is 1.69. The molecule has 1 aliphatic heterocycles. The number of nitrogens with zero attached hydrogens (tertiary/aromatic N) is 1. The molecular formula is C18H27FN2. The predicted octanol–water partition coefficient (Wildman–Crippen LogP) is 4.40. The lowest BCUT2D eigenvalue weighted by Crippen LogP contribution is -2.41. The second-order valence-corrected chi connectivity index (χ2v) is 7.05. The zero-order valence-corrected chi connectivity index (χ0v) is 13.1. The number of nitrogens with two attached hydrogens (primary N) is 1.